The molecule has 1 aromatic heterocycles. The van der Waals surface area contributed by atoms with Crippen LogP contribution in [0.4, 0.5) is 0 Å². The molecule has 0 radical (unpaired) electrons. The lowest BCUT2D eigenvalue weighted by Gasteiger charge is -2.19. The van der Waals surface area contributed by atoms with Crippen molar-refractivity contribution in [1.82, 2.24) is 10.1 Å². The predicted molar refractivity (Wildman–Crippen MR) is 85.2 cm³/mol. The first-order chi connectivity index (χ1) is 9.85. The number of benzene rings is 1. The van der Waals surface area contributed by atoms with Gasteiger partial charge >= 0.3 is 0 Å². The highest BCUT2D eigenvalue weighted by Crippen LogP contribution is 2.27. The molecule has 2 N–H and O–H groups in total. The fourth-order valence-corrected chi connectivity index (χ4v) is 2.88. The van der Waals surface area contributed by atoms with E-state index in [-0.39, 0.29) is 12.4 Å². The van der Waals surface area contributed by atoms with Crippen molar-refractivity contribution in [3.63, 3.8) is 0 Å². The van der Waals surface area contributed by atoms with Gasteiger partial charge in [-0.1, -0.05) is 48.7 Å². The molecule has 114 valence electrons. The van der Waals surface area contributed by atoms with Crippen molar-refractivity contribution < 1.29 is 4.52 Å². The number of halogens is 1. The van der Waals surface area contributed by atoms with Crippen molar-refractivity contribution in [1.29, 1.82) is 0 Å². The summed E-state index contributed by atoms with van der Waals surface area (Å²) < 4.78 is 5.39. The van der Waals surface area contributed by atoms with Gasteiger partial charge in [-0.05, 0) is 24.3 Å². The highest BCUT2D eigenvalue weighted by Gasteiger charge is 2.17. The van der Waals surface area contributed by atoms with Gasteiger partial charge in [-0.15, -0.1) is 12.4 Å². The lowest BCUT2D eigenvalue weighted by molar-refractivity contribution is 0.305. The number of nitrogens with two attached hydrogens (primary N) is 1. The molecule has 3 rings (SSSR count). The standard InChI is InChI=1S/C16H21N3O.ClH/c17-11-13-6-8-14(9-7-13)16-18-15(20-19-16)10-12-4-2-1-3-5-12;/h6-9,12H,1-5,10-11,17H2;1H. The third-order valence-electron chi connectivity index (χ3n) is 4.10. The molecule has 1 heterocycles. The minimum Gasteiger partial charge on any atom is -0.339 e. The van der Waals surface area contributed by atoms with Crippen LogP contribution in [0, 0.1) is 5.92 Å². The van der Waals surface area contributed by atoms with Crippen molar-refractivity contribution in [3.8, 4) is 11.4 Å². The van der Waals surface area contributed by atoms with Gasteiger partial charge < -0.3 is 10.3 Å². The first kappa shape index (κ1) is 16.0. The molecular formula is C16H22ClN3O. The first-order valence-electron chi connectivity index (χ1n) is 7.47. The van der Waals surface area contributed by atoms with Gasteiger partial charge in [-0.25, -0.2) is 0 Å². The molecule has 0 saturated heterocycles. The normalized spacial score (nSPS) is 15.7. The smallest absolute Gasteiger partial charge is 0.227 e. The highest BCUT2D eigenvalue weighted by molar-refractivity contribution is 5.85. The van der Waals surface area contributed by atoms with Gasteiger partial charge in [0.05, 0.1) is 0 Å². The van der Waals surface area contributed by atoms with Crippen LogP contribution in [0.5, 0.6) is 0 Å². The Kier molecular flexibility index (Phi) is 5.76. The molecule has 0 amide bonds. The molecule has 4 nitrogen and oxygen atoms in total. The maximum Gasteiger partial charge on any atom is 0.227 e. The Hall–Kier alpha value is -1.39. The van der Waals surface area contributed by atoms with Crippen LogP contribution >= 0.6 is 12.4 Å². The summed E-state index contributed by atoms with van der Waals surface area (Å²) in [6, 6.07) is 8.01. The molecule has 21 heavy (non-hydrogen) atoms. The van der Waals surface area contributed by atoms with E-state index in [2.05, 4.69) is 10.1 Å². The Balaban J connectivity index is 0.00000161. The van der Waals surface area contributed by atoms with Crippen LogP contribution in [-0.4, -0.2) is 10.1 Å². The van der Waals surface area contributed by atoms with E-state index < -0.39 is 0 Å². The predicted octanol–water partition coefficient (Wildman–Crippen LogP) is 3.74. The Morgan fingerprint density at radius 2 is 1.81 bits per heavy atom. The second-order valence-electron chi connectivity index (χ2n) is 5.62. The zero-order valence-corrected chi connectivity index (χ0v) is 12.9. The average molecular weight is 308 g/mol. The van der Waals surface area contributed by atoms with Crippen LogP contribution in [0.2, 0.25) is 0 Å². The number of aromatic nitrogens is 2. The van der Waals surface area contributed by atoms with E-state index in [0.29, 0.717) is 12.4 Å². The zero-order valence-electron chi connectivity index (χ0n) is 12.1. The Labute approximate surface area is 131 Å². The minimum absolute atomic E-state index is 0. The molecule has 0 atom stereocenters. The van der Waals surface area contributed by atoms with Gasteiger partial charge in [0.15, 0.2) is 0 Å². The van der Waals surface area contributed by atoms with Gasteiger partial charge in [-0.3, -0.25) is 0 Å². The summed E-state index contributed by atoms with van der Waals surface area (Å²) >= 11 is 0. The maximum atomic E-state index is 5.60. The largest absolute Gasteiger partial charge is 0.339 e. The first-order valence-corrected chi connectivity index (χ1v) is 7.47. The van der Waals surface area contributed by atoms with Crippen molar-refractivity contribution in [2.24, 2.45) is 11.7 Å². The summed E-state index contributed by atoms with van der Waals surface area (Å²) in [4.78, 5) is 4.52. The molecular weight excluding hydrogens is 286 g/mol. The Bertz CT molecular complexity index is 547. The quantitative estimate of drug-likeness (QED) is 0.934. The van der Waals surface area contributed by atoms with E-state index in [9.17, 15) is 0 Å². The molecule has 1 aliphatic carbocycles. The van der Waals surface area contributed by atoms with Crippen LogP contribution < -0.4 is 5.73 Å². The second kappa shape index (κ2) is 7.57. The third-order valence-corrected chi connectivity index (χ3v) is 4.10. The minimum atomic E-state index is 0. The summed E-state index contributed by atoms with van der Waals surface area (Å²) in [6.07, 6.45) is 7.57. The molecule has 0 bridgehead atoms. The topological polar surface area (TPSA) is 64.9 Å². The van der Waals surface area contributed by atoms with E-state index >= 15 is 0 Å². The van der Waals surface area contributed by atoms with Crippen molar-refractivity contribution in [3.05, 3.63) is 35.7 Å². The van der Waals surface area contributed by atoms with Gasteiger partial charge in [-0.2, -0.15) is 4.98 Å². The maximum absolute atomic E-state index is 5.60. The number of hydrogen-bond acceptors (Lipinski definition) is 4. The number of nitrogens with zero attached hydrogens (tertiary/aromatic N) is 2. The van der Waals surface area contributed by atoms with Crippen molar-refractivity contribution in [2.75, 3.05) is 0 Å². The Morgan fingerprint density at radius 1 is 1.10 bits per heavy atom. The molecule has 2 aromatic rings. The van der Waals surface area contributed by atoms with Crippen LogP contribution in [0.25, 0.3) is 11.4 Å². The molecule has 0 spiro atoms. The van der Waals surface area contributed by atoms with Crippen LogP contribution in [-0.2, 0) is 13.0 Å². The SMILES string of the molecule is Cl.NCc1ccc(-c2noc(CC3CCCCC3)n2)cc1. The van der Waals surface area contributed by atoms with Crippen molar-refractivity contribution >= 4 is 12.4 Å². The molecule has 0 aliphatic heterocycles. The summed E-state index contributed by atoms with van der Waals surface area (Å²) in [7, 11) is 0. The third kappa shape index (κ3) is 4.05. The molecule has 1 fully saturated rings. The van der Waals surface area contributed by atoms with E-state index in [1.807, 2.05) is 24.3 Å². The summed E-state index contributed by atoms with van der Waals surface area (Å²) in [5, 5.41) is 4.09. The van der Waals surface area contributed by atoms with Crippen LogP contribution in [0.15, 0.2) is 28.8 Å². The summed E-state index contributed by atoms with van der Waals surface area (Å²) in [5.74, 6) is 2.17. The number of hydrogen-bond donors (Lipinski definition) is 1. The summed E-state index contributed by atoms with van der Waals surface area (Å²) in [6.45, 7) is 0.555. The van der Waals surface area contributed by atoms with Gasteiger partial charge in [0.25, 0.3) is 0 Å². The van der Waals surface area contributed by atoms with E-state index in [4.69, 9.17) is 10.3 Å². The van der Waals surface area contributed by atoms with E-state index in [0.717, 1.165) is 29.4 Å². The van der Waals surface area contributed by atoms with Crippen molar-refractivity contribution in [2.45, 2.75) is 45.1 Å². The average Bonchev–Trinajstić information content (AvgIpc) is 2.97. The second-order valence-corrected chi connectivity index (χ2v) is 5.62. The van der Waals surface area contributed by atoms with Crippen LogP contribution in [0.3, 0.4) is 0 Å². The molecule has 1 saturated carbocycles. The highest BCUT2D eigenvalue weighted by atomic mass is 35.5. The lowest BCUT2D eigenvalue weighted by atomic mass is 9.87. The number of rotatable bonds is 4. The Morgan fingerprint density at radius 3 is 2.48 bits per heavy atom. The van der Waals surface area contributed by atoms with Gasteiger partial charge in [0.1, 0.15) is 0 Å². The van der Waals surface area contributed by atoms with Gasteiger partial charge in [0.2, 0.25) is 11.7 Å². The van der Waals surface area contributed by atoms with Crippen LogP contribution in [0.1, 0.15) is 43.6 Å². The monoisotopic (exact) mass is 307 g/mol. The molecule has 0 unspecified atom stereocenters. The molecule has 1 aliphatic rings. The lowest BCUT2D eigenvalue weighted by Crippen LogP contribution is -2.09. The molecule has 5 heteroatoms. The fourth-order valence-electron chi connectivity index (χ4n) is 2.88. The van der Waals surface area contributed by atoms with E-state index in [1.54, 1.807) is 0 Å². The van der Waals surface area contributed by atoms with E-state index in [1.165, 1.54) is 32.1 Å². The molecule has 1 aromatic carbocycles. The summed E-state index contributed by atoms with van der Waals surface area (Å²) in [5.41, 5.74) is 7.69. The fraction of sp³-hybridized carbons (Fsp3) is 0.500. The van der Waals surface area contributed by atoms with Gasteiger partial charge in [0, 0.05) is 18.5 Å². The zero-order chi connectivity index (χ0) is 13.8.